The molecule has 0 rings (SSSR count). The summed E-state index contributed by atoms with van der Waals surface area (Å²) < 4.78 is 16.9. The maximum Gasteiger partial charge on any atom is 0.306 e. The number of esters is 3. The first-order valence-corrected chi connectivity index (χ1v) is 33.9. The van der Waals surface area contributed by atoms with Crippen LogP contribution in [0, 0.1) is 0 Å². The Morgan fingerprint density at radius 1 is 0.263 bits per heavy atom. The number of allylic oxidation sites excluding steroid dienone is 18. The van der Waals surface area contributed by atoms with Gasteiger partial charge in [0.1, 0.15) is 13.2 Å². The lowest BCUT2D eigenvalue weighted by molar-refractivity contribution is -0.167. The largest absolute Gasteiger partial charge is 0.462 e. The van der Waals surface area contributed by atoms with Gasteiger partial charge < -0.3 is 14.2 Å². The fourth-order valence-corrected chi connectivity index (χ4v) is 9.52. The van der Waals surface area contributed by atoms with Crippen LogP contribution in [0.4, 0.5) is 0 Å². The summed E-state index contributed by atoms with van der Waals surface area (Å²) in [5.74, 6) is -0.970. The van der Waals surface area contributed by atoms with Crippen LogP contribution in [0.3, 0.4) is 0 Å². The van der Waals surface area contributed by atoms with Gasteiger partial charge in [-0.3, -0.25) is 14.4 Å². The summed E-state index contributed by atoms with van der Waals surface area (Å²) >= 11 is 0. The first-order chi connectivity index (χ1) is 39.5. The highest BCUT2D eigenvalue weighted by molar-refractivity contribution is 5.71. The van der Waals surface area contributed by atoms with Crippen LogP contribution in [-0.4, -0.2) is 37.2 Å². The van der Waals surface area contributed by atoms with Crippen molar-refractivity contribution in [2.24, 2.45) is 0 Å². The minimum Gasteiger partial charge on any atom is -0.462 e. The van der Waals surface area contributed by atoms with Crippen molar-refractivity contribution < 1.29 is 28.6 Å². The van der Waals surface area contributed by atoms with Crippen molar-refractivity contribution in [2.75, 3.05) is 13.2 Å². The summed E-state index contributed by atoms with van der Waals surface area (Å²) in [7, 11) is 0. The highest BCUT2D eigenvalue weighted by Gasteiger charge is 2.19. The van der Waals surface area contributed by atoms with E-state index in [1.54, 1.807) is 0 Å². The maximum absolute atomic E-state index is 12.9. The number of hydrogen-bond donors (Lipinski definition) is 0. The van der Waals surface area contributed by atoms with Gasteiger partial charge in [-0.25, -0.2) is 0 Å². The Morgan fingerprint density at radius 2 is 0.487 bits per heavy atom. The summed E-state index contributed by atoms with van der Waals surface area (Å²) in [6.07, 6.45) is 92.7. The third-order valence-corrected chi connectivity index (χ3v) is 14.5. The molecule has 0 aliphatic heterocycles. The van der Waals surface area contributed by atoms with E-state index in [0.29, 0.717) is 12.8 Å². The van der Waals surface area contributed by atoms with Crippen molar-refractivity contribution in [3.8, 4) is 0 Å². The lowest BCUT2D eigenvalue weighted by Crippen LogP contribution is -2.30. The Kier molecular flexibility index (Phi) is 64.3. The van der Waals surface area contributed by atoms with Crippen LogP contribution in [0.15, 0.2) is 109 Å². The molecule has 0 N–H and O–H groups in total. The number of ether oxygens (including phenoxy) is 3. The second-order valence-corrected chi connectivity index (χ2v) is 22.3. The molecule has 0 bridgehead atoms. The Hall–Kier alpha value is -3.93. The smallest absolute Gasteiger partial charge is 0.306 e. The van der Waals surface area contributed by atoms with Crippen molar-refractivity contribution in [3.05, 3.63) is 109 Å². The second kappa shape index (κ2) is 67.6. The third kappa shape index (κ3) is 64.9. The molecule has 0 spiro atoms. The zero-order chi connectivity index (χ0) is 57.8. The molecule has 0 heterocycles. The lowest BCUT2D eigenvalue weighted by Gasteiger charge is -2.18. The van der Waals surface area contributed by atoms with Crippen LogP contribution < -0.4 is 0 Å². The fraction of sp³-hybridized carbons (Fsp3) is 0.716. The molecule has 0 aliphatic rings. The highest BCUT2D eigenvalue weighted by Crippen LogP contribution is 2.17. The molecular weight excluding hydrogens is 985 g/mol. The Morgan fingerprint density at radius 3 is 0.787 bits per heavy atom. The van der Waals surface area contributed by atoms with Gasteiger partial charge in [0, 0.05) is 19.3 Å². The number of carbonyl (C=O) groups is 3. The summed E-state index contributed by atoms with van der Waals surface area (Å²) in [5, 5.41) is 0. The fourth-order valence-electron chi connectivity index (χ4n) is 9.52. The van der Waals surface area contributed by atoms with Crippen molar-refractivity contribution >= 4 is 17.9 Å². The van der Waals surface area contributed by atoms with Crippen LogP contribution in [0.25, 0.3) is 0 Å². The standard InChI is InChI=1S/C74H126O6/c1-4-7-10-13-16-19-22-25-28-30-32-33-34-35-36-37-38-39-40-42-43-46-49-52-55-58-61-64-67-73(76)79-70-71(69-78-72(75)66-63-60-57-54-51-48-45-27-24-21-18-15-12-9-6-3)80-74(77)68-65-62-59-56-53-50-47-44-41-31-29-26-23-20-17-14-11-8-5-2/h8-9,11-12,17-18,20-21,26-27,29,41,44-45,50-51,53-54,71H,4-7,10,13-16,19,22-25,28,30-40,42-43,46-49,52,55-70H2,1-3H3/b11-8-,12-9-,20-17-,21-18-,29-26-,44-41-,45-27-,53-50-,54-51-. The minimum absolute atomic E-state index is 0.104. The van der Waals surface area contributed by atoms with Crippen molar-refractivity contribution in [1.29, 1.82) is 0 Å². The molecule has 0 fully saturated rings. The minimum atomic E-state index is -0.815. The molecule has 0 aliphatic carbocycles. The number of rotatable bonds is 61. The SMILES string of the molecule is CC/C=C\C/C=C\C/C=C\C/C=C\C/C=C\CCCCCC(=O)OC(COC(=O)CCCC/C=C\C/C=C\C/C=C\C/C=C\CC)COC(=O)CCCCCCCCCCCCCCCCCCCCCCCCCCCCCC. The molecule has 1 unspecified atom stereocenters. The molecule has 0 aromatic rings. The predicted octanol–water partition coefficient (Wildman–Crippen LogP) is 23.4. The first kappa shape index (κ1) is 76.1. The van der Waals surface area contributed by atoms with E-state index in [-0.39, 0.29) is 37.5 Å². The Labute approximate surface area is 495 Å². The van der Waals surface area contributed by atoms with Crippen molar-refractivity contribution in [1.82, 2.24) is 0 Å². The third-order valence-electron chi connectivity index (χ3n) is 14.5. The molecule has 458 valence electrons. The topological polar surface area (TPSA) is 78.9 Å². The molecule has 0 amide bonds. The average molecular weight is 1110 g/mol. The van der Waals surface area contributed by atoms with E-state index in [1.165, 1.54) is 161 Å². The Balaban J connectivity index is 4.33. The van der Waals surface area contributed by atoms with E-state index >= 15 is 0 Å². The summed E-state index contributed by atoms with van der Waals surface area (Å²) in [6.45, 7) is 6.38. The Bertz CT molecular complexity index is 1610. The molecule has 0 aromatic carbocycles. The van der Waals surface area contributed by atoms with E-state index in [4.69, 9.17) is 14.2 Å². The van der Waals surface area contributed by atoms with Gasteiger partial charge in [-0.2, -0.15) is 0 Å². The maximum atomic E-state index is 12.9. The zero-order valence-electron chi connectivity index (χ0n) is 52.6. The molecular formula is C74H126O6. The molecule has 6 heteroatoms. The van der Waals surface area contributed by atoms with Crippen LogP contribution >= 0.6 is 0 Å². The van der Waals surface area contributed by atoms with Crippen LogP contribution in [-0.2, 0) is 28.6 Å². The van der Waals surface area contributed by atoms with Gasteiger partial charge in [0.05, 0.1) is 0 Å². The number of carbonyl (C=O) groups excluding carboxylic acids is 3. The van der Waals surface area contributed by atoms with Gasteiger partial charge in [-0.1, -0.05) is 310 Å². The van der Waals surface area contributed by atoms with E-state index < -0.39 is 6.10 Å². The molecule has 80 heavy (non-hydrogen) atoms. The molecule has 1 atom stereocenters. The van der Waals surface area contributed by atoms with Crippen molar-refractivity contribution in [3.63, 3.8) is 0 Å². The van der Waals surface area contributed by atoms with Crippen LogP contribution in [0.1, 0.15) is 323 Å². The predicted molar refractivity (Wildman–Crippen MR) is 348 cm³/mol. The van der Waals surface area contributed by atoms with E-state index in [1.807, 2.05) is 0 Å². The van der Waals surface area contributed by atoms with Crippen LogP contribution in [0.2, 0.25) is 0 Å². The highest BCUT2D eigenvalue weighted by atomic mass is 16.6. The van der Waals surface area contributed by atoms with E-state index in [2.05, 4.69) is 130 Å². The summed E-state index contributed by atoms with van der Waals surface area (Å²) in [5.41, 5.74) is 0. The van der Waals surface area contributed by atoms with Gasteiger partial charge >= 0.3 is 17.9 Å². The molecule has 0 radical (unpaired) electrons. The monoisotopic (exact) mass is 1110 g/mol. The molecule has 0 saturated heterocycles. The second-order valence-electron chi connectivity index (χ2n) is 22.3. The molecule has 0 aromatic heterocycles. The van der Waals surface area contributed by atoms with Gasteiger partial charge in [0.25, 0.3) is 0 Å². The molecule has 0 saturated carbocycles. The number of hydrogen-bond acceptors (Lipinski definition) is 6. The quantitative estimate of drug-likeness (QED) is 0.0261. The van der Waals surface area contributed by atoms with Crippen molar-refractivity contribution in [2.45, 2.75) is 329 Å². The average Bonchev–Trinajstić information content (AvgIpc) is 3.46. The summed E-state index contributed by atoms with van der Waals surface area (Å²) in [6, 6.07) is 0. The van der Waals surface area contributed by atoms with Gasteiger partial charge in [0.2, 0.25) is 0 Å². The molecule has 6 nitrogen and oxygen atoms in total. The zero-order valence-corrected chi connectivity index (χ0v) is 52.6. The van der Waals surface area contributed by atoms with Gasteiger partial charge in [-0.15, -0.1) is 0 Å². The lowest BCUT2D eigenvalue weighted by atomic mass is 10.0. The van der Waals surface area contributed by atoms with E-state index in [0.717, 1.165) is 122 Å². The van der Waals surface area contributed by atoms with Gasteiger partial charge in [0.15, 0.2) is 6.10 Å². The van der Waals surface area contributed by atoms with Gasteiger partial charge in [-0.05, 0) is 103 Å². The van der Waals surface area contributed by atoms with E-state index in [9.17, 15) is 14.4 Å². The first-order valence-electron chi connectivity index (χ1n) is 33.9. The number of unbranched alkanes of at least 4 members (excludes halogenated alkanes) is 32. The normalized spacial score (nSPS) is 12.8. The van der Waals surface area contributed by atoms with Crippen LogP contribution in [0.5, 0.6) is 0 Å². The summed E-state index contributed by atoms with van der Waals surface area (Å²) in [4.78, 5) is 38.3.